The maximum Gasteiger partial charge on any atom is 0.251 e. The van der Waals surface area contributed by atoms with Gasteiger partial charge >= 0.3 is 0 Å². The minimum Gasteiger partial charge on any atom is -0.494 e. The van der Waals surface area contributed by atoms with E-state index < -0.39 is 27.8 Å². The fourth-order valence-electron chi connectivity index (χ4n) is 2.12. The lowest BCUT2D eigenvalue weighted by atomic mass is 10.1. The first-order chi connectivity index (χ1) is 11.2. The highest BCUT2D eigenvalue weighted by Crippen LogP contribution is 2.19. The zero-order chi connectivity index (χ0) is 17.9. The van der Waals surface area contributed by atoms with Crippen LogP contribution in [0.2, 0.25) is 0 Å². The molecule has 2 rings (SSSR count). The van der Waals surface area contributed by atoms with Gasteiger partial charge in [-0.15, -0.1) is 0 Å². The molecule has 2 aromatic carbocycles. The lowest BCUT2D eigenvalue weighted by Crippen LogP contribution is -2.26. The normalized spacial score (nSPS) is 12.5. The molecular formula is C16H17FN2O4S. The molecule has 8 heteroatoms. The van der Waals surface area contributed by atoms with Crippen LogP contribution in [-0.2, 0) is 10.0 Å². The van der Waals surface area contributed by atoms with Gasteiger partial charge in [0, 0.05) is 5.56 Å². The number of primary sulfonamides is 1. The first-order valence-corrected chi connectivity index (χ1v) is 8.54. The van der Waals surface area contributed by atoms with E-state index in [2.05, 4.69) is 5.32 Å². The van der Waals surface area contributed by atoms with Gasteiger partial charge in [-0.3, -0.25) is 4.79 Å². The third-order valence-electron chi connectivity index (χ3n) is 3.47. The van der Waals surface area contributed by atoms with Crippen molar-refractivity contribution in [2.75, 3.05) is 7.11 Å². The van der Waals surface area contributed by atoms with Gasteiger partial charge in [-0.2, -0.15) is 0 Å². The summed E-state index contributed by atoms with van der Waals surface area (Å²) in [5, 5.41) is 7.74. The largest absolute Gasteiger partial charge is 0.494 e. The molecule has 3 N–H and O–H groups in total. The first kappa shape index (κ1) is 17.9. The Balaban J connectivity index is 2.12. The van der Waals surface area contributed by atoms with Crippen LogP contribution in [0, 0.1) is 5.82 Å². The van der Waals surface area contributed by atoms with Crippen LogP contribution in [0.1, 0.15) is 28.9 Å². The van der Waals surface area contributed by atoms with E-state index in [4.69, 9.17) is 9.88 Å². The second kappa shape index (κ2) is 6.98. The second-order valence-corrected chi connectivity index (χ2v) is 6.72. The summed E-state index contributed by atoms with van der Waals surface area (Å²) in [5.74, 6) is -1.03. The summed E-state index contributed by atoms with van der Waals surface area (Å²) in [6.45, 7) is 1.73. The van der Waals surface area contributed by atoms with Gasteiger partial charge in [0.1, 0.15) is 0 Å². The summed E-state index contributed by atoms with van der Waals surface area (Å²) < 4.78 is 40.9. The van der Waals surface area contributed by atoms with Crippen molar-refractivity contribution < 1.29 is 22.3 Å². The maximum atomic E-state index is 13.7. The van der Waals surface area contributed by atoms with Gasteiger partial charge in [0.25, 0.3) is 5.91 Å². The zero-order valence-corrected chi connectivity index (χ0v) is 13.9. The number of carbonyl (C=O) groups is 1. The molecule has 0 aromatic heterocycles. The van der Waals surface area contributed by atoms with Gasteiger partial charge in [-0.1, -0.05) is 12.1 Å². The summed E-state index contributed by atoms with van der Waals surface area (Å²) in [7, 11) is -2.42. The molecule has 0 aliphatic rings. The van der Waals surface area contributed by atoms with Crippen molar-refractivity contribution in [1.82, 2.24) is 5.32 Å². The molecule has 6 nitrogen and oxygen atoms in total. The van der Waals surface area contributed by atoms with E-state index in [1.807, 2.05) is 0 Å². The van der Waals surface area contributed by atoms with Crippen LogP contribution in [0.4, 0.5) is 4.39 Å². The maximum absolute atomic E-state index is 13.7. The van der Waals surface area contributed by atoms with E-state index in [9.17, 15) is 17.6 Å². The van der Waals surface area contributed by atoms with Crippen molar-refractivity contribution in [2.24, 2.45) is 5.14 Å². The van der Waals surface area contributed by atoms with Crippen LogP contribution in [0.5, 0.6) is 5.75 Å². The molecule has 24 heavy (non-hydrogen) atoms. The molecule has 0 radical (unpaired) electrons. The third kappa shape index (κ3) is 4.09. The number of sulfonamides is 1. The summed E-state index contributed by atoms with van der Waals surface area (Å²) in [6, 6.07) is 9.34. The van der Waals surface area contributed by atoms with E-state index in [1.54, 1.807) is 19.1 Å². The van der Waals surface area contributed by atoms with Crippen LogP contribution in [-0.4, -0.2) is 21.4 Å². The van der Waals surface area contributed by atoms with Gasteiger partial charge < -0.3 is 10.1 Å². The molecule has 2 aromatic rings. The van der Waals surface area contributed by atoms with E-state index in [0.717, 1.165) is 6.07 Å². The zero-order valence-electron chi connectivity index (χ0n) is 13.1. The number of benzene rings is 2. The summed E-state index contributed by atoms with van der Waals surface area (Å²) in [5.41, 5.74) is 0.839. The van der Waals surface area contributed by atoms with Crippen LogP contribution in [0.25, 0.3) is 0 Å². The Labute approximate surface area is 139 Å². The standard InChI is InChI=1S/C16H17FN2O4S/c1-10(11-3-6-13(7-4-11)24(18,21)22)19-16(20)12-5-8-15(23-2)14(17)9-12/h3-10H,1-2H3,(H,19,20)(H2,18,21,22)/t10-/m0/s1. The summed E-state index contributed by atoms with van der Waals surface area (Å²) >= 11 is 0. The van der Waals surface area contributed by atoms with Crippen molar-refractivity contribution >= 4 is 15.9 Å². The van der Waals surface area contributed by atoms with Crippen molar-refractivity contribution in [3.05, 3.63) is 59.4 Å². The summed E-state index contributed by atoms with van der Waals surface area (Å²) in [6.07, 6.45) is 0. The van der Waals surface area contributed by atoms with Crippen molar-refractivity contribution in [3.63, 3.8) is 0 Å². The molecule has 0 heterocycles. The van der Waals surface area contributed by atoms with Crippen LogP contribution >= 0.6 is 0 Å². The van der Waals surface area contributed by atoms with E-state index in [-0.39, 0.29) is 16.2 Å². The average Bonchev–Trinajstić information content (AvgIpc) is 2.54. The van der Waals surface area contributed by atoms with E-state index in [1.165, 1.54) is 31.4 Å². The predicted octanol–water partition coefficient (Wildman–Crippen LogP) is 1.97. The summed E-state index contributed by atoms with van der Waals surface area (Å²) in [4.78, 5) is 12.2. The number of ether oxygens (including phenoxy) is 1. The number of halogens is 1. The van der Waals surface area contributed by atoms with Gasteiger partial charge in [-0.25, -0.2) is 17.9 Å². The van der Waals surface area contributed by atoms with Crippen LogP contribution < -0.4 is 15.2 Å². The molecule has 1 amide bonds. The molecule has 0 spiro atoms. The smallest absolute Gasteiger partial charge is 0.251 e. The quantitative estimate of drug-likeness (QED) is 0.859. The molecule has 0 aliphatic heterocycles. The fraction of sp³-hybridized carbons (Fsp3) is 0.188. The van der Waals surface area contributed by atoms with E-state index in [0.29, 0.717) is 5.56 Å². The topological polar surface area (TPSA) is 98.5 Å². The van der Waals surface area contributed by atoms with Gasteiger partial charge in [0.2, 0.25) is 10.0 Å². The Kier molecular flexibility index (Phi) is 5.20. The Morgan fingerprint density at radius 3 is 2.33 bits per heavy atom. The number of rotatable bonds is 5. The molecule has 0 saturated heterocycles. The highest BCUT2D eigenvalue weighted by atomic mass is 32.2. The molecular weight excluding hydrogens is 335 g/mol. The highest BCUT2D eigenvalue weighted by Gasteiger charge is 2.15. The molecule has 0 aliphatic carbocycles. The van der Waals surface area contributed by atoms with E-state index >= 15 is 0 Å². The van der Waals surface area contributed by atoms with Gasteiger partial charge in [0.05, 0.1) is 18.0 Å². The van der Waals surface area contributed by atoms with Crippen LogP contribution in [0.3, 0.4) is 0 Å². The predicted molar refractivity (Wildman–Crippen MR) is 86.6 cm³/mol. The Morgan fingerprint density at radius 1 is 1.21 bits per heavy atom. The lowest BCUT2D eigenvalue weighted by molar-refractivity contribution is 0.0939. The fourth-order valence-corrected chi connectivity index (χ4v) is 2.63. The molecule has 1 atom stereocenters. The number of carbonyl (C=O) groups excluding carboxylic acids is 1. The Morgan fingerprint density at radius 2 is 1.83 bits per heavy atom. The van der Waals surface area contributed by atoms with Crippen LogP contribution in [0.15, 0.2) is 47.4 Å². The number of nitrogens with one attached hydrogen (secondary N) is 1. The molecule has 128 valence electrons. The minimum absolute atomic E-state index is 0.0120. The molecule has 0 bridgehead atoms. The first-order valence-electron chi connectivity index (χ1n) is 6.99. The molecule has 0 fully saturated rings. The number of methoxy groups -OCH3 is 1. The molecule has 0 saturated carbocycles. The number of hydrogen-bond donors (Lipinski definition) is 2. The minimum atomic E-state index is -3.76. The number of amides is 1. The van der Waals surface area contributed by atoms with Gasteiger partial charge in [0.15, 0.2) is 11.6 Å². The lowest BCUT2D eigenvalue weighted by Gasteiger charge is -2.15. The molecule has 0 unspecified atom stereocenters. The second-order valence-electron chi connectivity index (χ2n) is 5.16. The Bertz CT molecular complexity index is 851. The van der Waals surface area contributed by atoms with Gasteiger partial charge in [-0.05, 0) is 42.8 Å². The monoisotopic (exact) mass is 352 g/mol. The third-order valence-corrected chi connectivity index (χ3v) is 4.40. The SMILES string of the molecule is COc1ccc(C(=O)N[C@@H](C)c2ccc(S(N)(=O)=O)cc2)cc1F. The number of hydrogen-bond acceptors (Lipinski definition) is 4. The number of nitrogens with two attached hydrogens (primary N) is 1. The Hall–Kier alpha value is -2.45. The average molecular weight is 352 g/mol. The van der Waals surface area contributed by atoms with Crippen molar-refractivity contribution in [1.29, 1.82) is 0 Å². The highest BCUT2D eigenvalue weighted by molar-refractivity contribution is 7.89. The van der Waals surface area contributed by atoms with Crippen molar-refractivity contribution in [2.45, 2.75) is 17.9 Å². The van der Waals surface area contributed by atoms with Crippen molar-refractivity contribution in [3.8, 4) is 5.75 Å².